The van der Waals surface area contributed by atoms with Crippen molar-refractivity contribution in [2.75, 3.05) is 7.05 Å². The van der Waals surface area contributed by atoms with Crippen LogP contribution in [0.25, 0.3) is 22.2 Å². The van der Waals surface area contributed by atoms with Gasteiger partial charge in [-0.05, 0) is 50.4 Å². The van der Waals surface area contributed by atoms with Gasteiger partial charge in [0, 0.05) is 35.0 Å². The number of fused-ring (bicyclic) bond motifs is 3. The van der Waals surface area contributed by atoms with Crippen LogP contribution in [0.3, 0.4) is 0 Å². The van der Waals surface area contributed by atoms with E-state index in [4.69, 9.17) is 0 Å². The maximum absolute atomic E-state index is 13.6. The number of rotatable bonds is 3. The Labute approximate surface area is 192 Å². The molecule has 0 spiro atoms. The molecule has 0 aliphatic carbocycles. The molecule has 1 unspecified atom stereocenters. The Morgan fingerprint density at radius 2 is 1.70 bits per heavy atom. The standard InChI is InChI=1S/C24H26BrN3O.ClH/c1-27-18-9-10-19(27)14-17(13-18)26-24(29)22-20-11-8-16(25)12-21(20)28(2)23(22)15-6-4-3-5-7-15;/h3-8,11-12,17-19H,9-10,13-14H2,1-2H3,(H,26,29);1H/t17?,18-,19+;. The normalized spacial score (nSPS) is 23.4. The second-order valence-electron chi connectivity index (χ2n) is 8.50. The Morgan fingerprint density at radius 3 is 2.37 bits per heavy atom. The van der Waals surface area contributed by atoms with Crippen LogP contribution < -0.4 is 5.32 Å². The number of carbonyl (C=O) groups is 1. The number of amides is 1. The molecule has 1 aromatic heterocycles. The minimum Gasteiger partial charge on any atom is -0.349 e. The first-order valence-corrected chi connectivity index (χ1v) is 11.2. The fraction of sp³-hybridized carbons (Fsp3) is 0.375. The van der Waals surface area contributed by atoms with Gasteiger partial charge >= 0.3 is 0 Å². The maximum atomic E-state index is 13.6. The molecule has 0 radical (unpaired) electrons. The third-order valence-electron chi connectivity index (χ3n) is 6.87. The summed E-state index contributed by atoms with van der Waals surface area (Å²) in [5.74, 6) is 0.0470. The largest absolute Gasteiger partial charge is 0.349 e. The smallest absolute Gasteiger partial charge is 0.254 e. The highest BCUT2D eigenvalue weighted by Crippen LogP contribution is 2.37. The average Bonchev–Trinajstić information content (AvgIpc) is 3.10. The van der Waals surface area contributed by atoms with Crippen LogP contribution >= 0.6 is 28.3 Å². The lowest BCUT2D eigenvalue weighted by molar-refractivity contribution is 0.0884. The van der Waals surface area contributed by atoms with Crippen LogP contribution in [0.4, 0.5) is 0 Å². The van der Waals surface area contributed by atoms with E-state index in [0.717, 1.165) is 45.0 Å². The number of nitrogens with one attached hydrogen (secondary N) is 1. The number of aromatic nitrogens is 1. The van der Waals surface area contributed by atoms with Crippen molar-refractivity contribution in [1.82, 2.24) is 14.8 Å². The quantitative estimate of drug-likeness (QED) is 0.537. The van der Waals surface area contributed by atoms with Crippen LogP contribution in [0.5, 0.6) is 0 Å². The molecule has 2 aliphatic heterocycles. The molecule has 4 nitrogen and oxygen atoms in total. The fourth-order valence-electron chi connectivity index (χ4n) is 5.36. The number of halogens is 2. The highest BCUT2D eigenvalue weighted by atomic mass is 79.9. The predicted octanol–water partition coefficient (Wildman–Crippen LogP) is 5.38. The average molecular weight is 489 g/mol. The molecule has 1 amide bonds. The Hall–Kier alpha value is -1.82. The van der Waals surface area contributed by atoms with Crippen molar-refractivity contribution < 1.29 is 4.79 Å². The number of nitrogens with zero attached hydrogens (tertiary/aromatic N) is 2. The first-order chi connectivity index (χ1) is 14.0. The summed E-state index contributed by atoms with van der Waals surface area (Å²) in [7, 11) is 4.28. The summed E-state index contributed by atoms with van der Waals surface area (Å²) >= 11 is 3.58. The van der Waals surface area contributed by atoms with E-state index in [-0.39, 0.29) is 24.4 Å². The molecule has 2 aromatic carbocycles. The molecule has 2 aliphatic rings. The van der Waals surface area contributed by atoms with Gasteiger partial charge in [-0.2, -0.15) is 0 Å². The van der Waals surface area contributed by atoms with Gasteiger partial charge in [0.2, 0.25) is 0 Å². The van der Waals surface area contributed by atoms with Gasteiger partial charge in [-0.3, -0.25) is 4.79 Å². The third-order valence-corrected chi connectivity index (χ3v) is 7.36. The molecule has 3 atom stereocenters. The second-order valence-corrected chi connectivity index (χ2v) is 9.42. The van der Waals surface area contributed by atoms with Crippen LogP contribution in [-0.2, 0) is 7.05 Å². The zero-order valence-corrected chi connectivity index (χ0v) is 19.7. The first-order valence-electron chi connectivity index (χ1n) is 10.4. The van der Waals surface area contributed by atoms with Crippen molar-refractivity contribution in [1.29, 1.82) is 0 Å². The van der Waals surface area contributed by atoms with E-state index >= 15 is 0 Å². The number of benzene rings is 2. The summed E-state index contributed by atoms with van der Waals surface area (Å²) in [4.78, 5) is 16.1. The first kappa shape index (κ1) is 21.4. The summed E-state index contributed by atoms with van der Waals surface area (Å²) in [6.07, 6.45) is 4.61. The van der Waals surface area contributed by atoms with Crippen LogP contribution in [0, 0.1) is 0 Å². The number of aryl methyl sites for hydroxylation is 1. The lowest BCUT2D eigenvalue weighted by Gasteiger charge is -2.36. The van der Waals surface area contributed by atoms with Crippen LogP contribution in [-0.4, -0.2) is 40.5 Å². The maximum Gasteiger partial charge on any atom is 0.254 e. The van der Waals surface area contributed by atoms with Crippen molar-refractivity contribution >= 4 is 45.1 Å². The van der Waals surface area contributed by atoms with Gasteiger partial charge in [-0.1, -0.05) is 52.3 Å². The summed E-state index contributed by atoms with van der Waals surface area (Å²) in [6, 6.07) is 17.9. The van der Waals surface area contributed by atoms with E-state index in [0.29, 0.717) is 12.1 Å². The molecule has 2 fully saturated rings. The third kappa shape index (κ3) is 3.57. The molecule has 158 valence electrons. The van der Waals surface area contributed by atoms with E-state index in [1.165, 1.54) is 12.8 Å². The van der Waals surface area contributed by atoms with Gasteiger partial charge in [-0.15, -0.1) is 12.4 Å². The van der Waals surface area contributed by atoms with E-state index < -0.39 is 0 Å². The summed E-state index contributed by atoms with van der Waals surface area (Å²) in [5, 5.41) is 4.40. The molecule has 3 aromatic rings. The second kappa shape index (κ2) is 8.37. The lowest BCUT2D eigenvalue weighted by atomic mass is 9.97. The van der Waals surface area contributed by atoms with Gasteiger partial charge in [-0.25, -0.2) is 0 Å². The molecule has 6 heteroatoms. The van der Waals surface area contributed by atoms with Gasteiger partial charge in [0.15, 0.2) is 0 Å². The van der Waals surface area contributed by atoms with E-state index in [2.05, 4.69) is 62.0 Å². The summed E-state index contributed by atoms with van der Waals surface area (Å²) in [5.41, 5.74) is 3.89. The van der Waals surface area contributed by atoms with Gasteiger partial charge in [0.05, 0.1) is 16.8 Å². The van der Waals surface area contributed by atoms with Crippen LogP contribution in [0.1, 0.15) is 36.0 Å². The zero-order valence-electron chi connectivity index (χ0n) is 17.3. The Kier molecular flexibility index (Phi) is 5.97. The van der Waals surface area contributed by atoms with Crippen LogP contribution in [0.2, 0.25) is 0 Å². The Balaban J connectivity index is 0.00000218. The molecule has 3 heterocycles. The highest BCUT2D eigenvalue weighted by molar-refractivity contribution is 9.10. The Morgan fingerprint density at radius 1 is 1.03 bits per heavy atom. The number of hydrogen-bond acceptors (Lipinski definition) is 2. The molecule has 5 rings (SSSR count). The van der Waals surface area contributed by atoms with Crippen molar-refractivity contribution in [3.05, 3.63) is 58.6 Å². The minimum absolute atomic E-state index is 0. The zero-order chi connectivity index (χ0) is 20.1. The van der Waals surface area contributed by atoms with Crippen LogP contribution in [0.15, 0.2) is 53.0 Å². The van der Waals surface area contributed by atoms with E-state index in [1.807, 2.05) is 31.3 Å². The molecule has 1 N–H and O–H groups in total. The van der Waals surface area contributed by atoms with Crippen molar-refractivity contribution in [3.8, 4) is 11.3 Å². The van der Waals surface area contributed by atoms with Crippen molar-refractivity contribution in [2.24, 2.45) is 7.05 Å². The SMILES string of the molecule is CN1[C@@H]2CC[C@H]1CC(NC(=O)c1c(-c3ccccc3)n(C)c3cc(Br)ccc13)C2.Cl. The topological polar surface area (TPSA) is 37.3 Å². The van der Waals surface area contributed by atoms with Crippen molar-refractivity contribution in [2.45, 2.75) is 43.8 Å². The highest BCUT2D eigenvalue weighted by Gasteiger charge is 2.39. The molecule has 0 saturated carbocycles. The molecular formula is C24H27BrClN3O. The Bertz CT molecular complexity index is 1070. The van der Waals surface area contributed by atoms with E-state index in [1.54, 1.807) is 0 Å². The predicted molar refractivity (Wildman–Crippen MR) is 128 cm³/mol. The molecule has 30 heavy (non-hydrogen) atoms. The van der Waals surface area contributed by atoms with Crippen molar-refractivity contribution in [3.63, 3.8) is 0 Å². The number of piperidine rings is 1. The minimum atomic E-state index is 0. The van der Waals surface area contributed by atoms with E-state index in [9.17, 15) is 4.79 Å². The summed E-state index contributed by atoms with van der Waals surface area (Å²) < 4.78 is 3.16. The fourth-order valence-corrected chi connectivity index (χ4v) is 5.71. The van der Waals surface area contributed by atoms with Gasteiger partial charge < -0.3 is 14.8 Å². The monoisotopic (exact) mass is 487 g/mol. The van der Waals surface area contributed by atoms with Gasteiger partial charge in [0.1, 0.15) is 0 Å². The van der Waals surface area contributed by atoms with Gasteiger partial charge in [0.25, 0.3) is 5.91 Å². The summed E-state index contributed by atoms with van der Waals surface area (Å²) in [6.45, 7) is 0. The number of carbonyl (C=O) groups excluding carboxylic acids is 1. The molecular weight excluding hydrogens is 462 g/mol. The molecule has 2 bridgehead atoms. The lowest BCUT2D eigenvalue weighted by Crippen LogP contribution is -2.48. The molecule has 2 saturated heterocycles. The number of hydrogen-bond donors (Lipinski definition) is 1.